The number of aryl methyl sites for hydroxylation is 1. The molecule has 0 aliphatic heterocycles. The molecule has 2 aliphatic rings. The normalized spacial score (nSPS) is 19.2. The SMILES string of the molecule is Cc1ccc(CSc2nnc(C3CC3)n2C2CCCCC2)cc1. The van der Waals surface area contributed by atoms with Crippen LogP contribution in [0.25, 0.3) is 0 Å². The molecule has 4 rings (SSSR count). The Morgan fingerprint density at radius 3 is 2.43 bits per heavy atom. The summed E-state index contributed by atoms with van der Waals surface area (Å²) in [5, 5.41) is 10.3. The van der Waals surface area contributed by atoms with Crippen molar-refractivity contribution in [3.8, 4) is 0 Å². The predicted octanol–water partition coefficient (Wildman–Crippen LogP) is 5.26. The van der Waals surface area contributed by atoms with Crippen molar-refractivity contribution in [1.29, 1.82) is 0 Å². The topological polar surface area (TPSA) is 30.7 Å². The highest BCUT2D eigenvalue weighted by Gasteiger charge is 2.33. The third-order valence-electron chi connectivity index (χ3n) is 5.06. The van der Waals surface area contributed by atoms with Gasteiger partial charge in [0.05, 0.1) is 0 Å². The van der Waals surface area contributed by atoms with Gasteiger partial charge in [-0.25, -0.2) is 0 Å². The third kappa shape index (κ3) is 3.47. The van der Waals surface area contributed by atoms with Crippen LogP contribution >= 0.6 is 11.8 Å². The Kier molecular flexibility index (Phi) is 4.43. The Labute approximate surface area is 142 Å². The van der Waals surface area contributed by atoms with Crippen LogP contribution in [0.3, 0.4) is 0 Å². The van der Waals surface area contributed by atoms with Gasteiger partial charge in [-0.1, -0.05) is 60.9 Å². The Bertz CT molecular complexity index is 652. The molecule has 2 fully saturated rings. The van der Waals surface area contributed by atoms with Crippen LogP contribution in [0.5, 0.6) is 0 Å². The molecule has 3 nitrogen and oxygen atoms in total. The minimum absolute atomic E-state index is 0.634. The molecule has 0 saturated heterocycles. The number of rotatable bonds is 5. The van der Waals surface area contributed by atoms with E-state index in [9.17, 15) is 0 Å². The van der Waals surface area contributed by atoms with Crippen LogP contribution in [-0.4, -0.2) is 14.8 Å². The number of thioether (sulfide) groups is 1. The second-order valence-corrected chi connectivity index (χ2v) is 7.99. The molecule has 1 heterocycles. The van der Waals surface area contributed by atoms with E-state index in [4.69, 9.17) is 0 Å². The highest BCUT2D eigenvalue weighted by atomic mass is 32.2. The Hall–Kier alpha value is -1.29. The second kappa shape index (κ2) is 6.68. The van der Waals surface area contributed by atoms with Crippen LogP contribution in [0.1, 0.15) is 73.9 Å². The number of hydrogen-bond donors (Lipinski definition) is 0. The fourth-order valence-corrected chi connectivity index (χ4v) is 4.49. The fraction of sp³-hybridized carbons (Fsp3) is 0.579. The van der Waals surface area contributed by atoms with E-state index in [1.807, 2.05) is 11.8 Å². The Balaban J connectivity index is 1.53. The van der Waals surface area contributed by atoms with Gasteiger partial charge >= 0.3 is 0 Å². The van der Waals surface area contributed by atoms with Crippen LogP contribution in [0.4, 0.5) is 0 Å². The van der Waals surface area contributed by atoms with E-state index < -0.39 is 0 Å². The predicted molar refractivity (Wildman–Crippen MR) is 94.9 cm³/mol. The van der Waals surface area contributed by atoms with Gasteiger partial charge in [0, 0.05) is 17.7 Å². The summed E-state index contributed by atoms with van der Waals surface area (Å²) in [4.78, 5) is 0. The minimum atomic E-state index is 0.634. The third-order valence-corrected chi connectivity index (χ3v) is 6.08. The van der Waals surface area contributed by atoms with Crippen LogP contribution in [0.2, 0.25) is 0 Å². The van der Waals surface area contributed by atoms with E-state index in [1.54, 1.807) is 0 Å². The van der Waals surface area contributed by atoms with Crippen molar-refractivity contribution in [2.24, 2.45) is 0 Å². The van der Waals surface area contributed by atoms with E-state index in [1.165, 1.54) is 61.9 Å². The van der Waals surface area contributed by atoms with Crippen LogP contribution in [-0.2, 0) is 5.75 Å². The summed E-state index contributed by atoms with van der Waals surface area (Å²) < 4.78 is 2.51. The van der Waals surface area contributed by atoms with Gasteiger partial charge in [0.15, 0.2) is 5.16 Å². The molecule has 1 aromatic carbocycles. The zero-order chi connectivity index (χ0) is 15.6. The van der Waals surface area contributed by atoms with E-state index in [-0.39, 0.29) is 0 Å². The van der Waals surface area contributed by atoms with Gasteiger partial charge in [0.25, 0.3) is 0 Å². The van der Waals surface area contributed by atoms with Crippen LogP contribution < -0.4 is 0 Å². The zero-order valence-corrected chi connectivity index (χ0v) is 14.7. The molecule has 0 spiro atoms. The molecule has 2 aliphatic carbocycles. The standard InChI is InChI=1S/C19H25N3S/c1-14-7-9-15(10-8-14)13-23-19-21-20-18(16-11-12-16)22(19)17-5-3-2-4-6-17/h7-10,16-17H,2-6,11-13H2,1H3. The Morgan fingerprint density at radius 2 is 1.74 bits per heavy atom. The van der Waals surface area contributed by atoms with Crippen molar-refractivity contribution in [3.05, 3.63) is 41.2 Å². The van der Waals surface area contributed by atoms with Crippen molar-refractivity contribution in [2.75, 3.05) is 0 Å². The monoisotopic (exact) mass is 327 g/mol. The quantitative estimate of drug-likeness (QED) is 0.702. The average Bonchev–Trinajstić information content (AvgIpc) is 3.35. The highest BCUT2D eigenvalue weighted by Crippen LogP contribution is 2.43. The van der Waals surface area contributed by atoms with Gasteiger partial charge in [-0.2, -0.15) is 0 Å². The number of nitrogens with zero attached hydrogens (tertiary/aromatic N) is 3. The summed E-state index contributed by atoms with van der Waals surface area (Å²) >= 11 is 1.86. The van der Waals surface area contributed by atoms with Gasteiger partial charge in [-0.15, -0.1) is 10.2 Å². The lowest BCUT2D eigenvalue weighted by molar-refractivity contribution is 0.329. The van der Waals surface area contributed by atoms with Crippen LogP contribution in [0.15, 0.2) is 29.4 Å². The highest BCUT2D eigenvalue weighted by molar-refractivity contribution is 7.98. The van der Waals surface area contributed by atoms with Crippen molar-refractivity contribution in [3.63, 3.8) is 0 Å². The first-order valence-electron chi connectivity index (χ1n) is 8.94. The van der Waals surface area contributed by atoms with Crippen molar-refractivity contribution < 1.29 is 0 Å². The molecule has 0 radical (unpaired) electrons. The smallest absolute Gasteiger partial charge is 0.191 e. The molecule has 23 heavy (non-hydrogen) atoms. The maximum absolute atomic E-state index is 4.57. The van der Waals surface area contributed by atoms with E-state index in [0.29, 0.717) is 12.0 Å². The van der Waals surface area contributed by atoms with Gasteiger partial charge in [-0.05, 0) is 38.2 Å². The number of aromatic nitrogens is 3. The molecule has 1 aromatic heterocycles. The largest absolute Gasteiger partial charge is 0.303 e. The first kappa shape index (κ1) is 15.3. The molecular formula is C19H25N3S. The van der Waals surface area contributed by atoms with Gasteiger partial charge in [0.2, 0.25) is 0 Å². The molecule has 0 amide bonds. The lowest BCUT2D eigenvalue weighted by Crippen LogP contribution is -2.16. The van der Waals surface area contributed by atoms with E-state index in [0.717, 1.165) is 10.9 Å². The molecule has 0 unspecified atom stereocenters. The molecule has 0 N–H and O–H groups in total. The molecule has 4 heteroatoms. The van der Waals surface area contributed by atoms with Crippen molar-refractivity contribution in [2.45, 2.75) is 74.7 Å². The van der Waals surface area contributed by atoms with E-state index in [2.05, 4.69) is 46.0 Å². The summed E-state index contributed by atoms with van der Waals surface area (Å²) in [5.74, 6) is 2.93. The molecule has 122 valence electrons. The summed E-state index contributed by atoms with van der Waals surface area (Å²) in [6.07, 6.45) is 9.31. The minimum Gasteiger partial charge on any atom is -0.303 e. The van der Waals surface area contributed by atoms with E-state index >= 15 is 0 Å². The van der Waals surface area contributed by atoms with Gasteiger partial charge in [-0.3, -0.25) is 0 Å². The summed E-state index contributed by atoms with van der Waals surface area (Å²) in [6, 6.07) is 9.47. The summed E-state index contributed by atoms with van der Waals surface area (Å²) in [7, 11) is 0. The fourth-order valence-electron chi connectivity index (χ4n) is 3.52. The first-order chi connectivity index (χ1) is 11.3. The Morgan fingerprint density at radius 1 is 1.00 bits per heavy atom. The number of hydrogen-bond acceptors (Lipinski definition) is 3. The zero-order valence-electron chi connectivity index (χ0n) is 13.9. The lowest BCUT2D eigenvalue weighted by atomic mass is 9.95. The molecular weight excluding hydrogens is 302 g/mol. The molecule has 0 bridgehead atoms. The molecule has 0 atom stereocenters. The van der Waals surface area contributed by atoms with Crippen LogP contribution in [0, 0.1) is 6.92 Å². The molecule has 2 aromatic rings. The maximum Gasteiger partial charge on any atom is 0.191 e. The van der Waals surface area contributed by atoms with Gasteiger partial charge in [0.1, 0.15) is 5.82 Å². The summed E-state index contributed by atoms with van der Waals surface area (Å²) in [6.45, 7) is 2.14. The first-order valence-corrected chi connectivity index (χ1v) is 9.93. The van der Waals surface area contributed by atoms with Gasteiger partial charge < -0.3 is 4.57 Å². The second-order valence-electron chi connectivity index (χ2n) is 7.05. The average molecular weight is 327 g/mol. The molecule has 2 saturated carbocycles. The number of benzene rings is 1. The van der Waals surface area contributed by atoms with Crippen molar-refractivity contribution >= 4 is 11.8 Å². The lowest BCUT2D eigenvalue weighted by Gasteiger charge is -2.25. The van der Waals surface area contributed by atoms with Crippen molar-refractivity contribution in [1.82, 2.24) is 14.8 Å². The summed E-state index contributed by atoms with van der Waals surface area (Å²) in [5.41, 5.74) is 2.69. The maximum atomic E-state index is 4.57.